The third kappa shape index (κ3) is 18.2. The zero-order valence-corrected chi connectivity index (χ0v) is 9.81. The number of esters is 1. The van der Waals surface area contributed by atoms with Gasteiger partial charge in [0.1, 0.15) is 0 Å². The van der Waals surface area contributed by atoms with E-state index in [2.05, 4.69) is 13.2 Å². The molecule has 1 N–H and O–H groups in total. The summed E-state index contributed by atoms with van der Waals surface area (Å²) in [4.78, 5) is 21.8. The molecule has 0 aliphatic heterocycles. The minimum absolute atomic E-state index is 0.344. The average molecular weight is 229 g/mol. The summed E-state index contributed by atoms with van der Waals surface area (Å²) in [6.45, 7) is 7.66. The Balaban J connectivity index is 0. The Morgan fingerprint density at radius 3 is 2.12 bits per heavy atom. The van der Waals surface area contributed by atoms with Crippen molar-refractivity contribution in [2.24, 2.45) is 0 Å². The zero-order valence-electron chi connectivity index (χ0n) is 9.81. The van der Waals surface area contributed by atoms with Gasteiger partial charge in [-0.15, -0.1) is 0 Å². The summed E-state index contributed by atoms with van der Waals surface area (Å²) in [6.07, 6.45) is 2.88. The van der Waals surface area contributed by atoms with Crippen molar-refractivity contribution in [2.45, 2.75) is 6.42 Å². The summed E-state index contributed by atoms with van der Waals surface area (Å²) in [5, 5.41) is 7.60. The van der Waals surface area contributed by atoms with Gasteiger partial charge in [0.15, 0.2) is 0 Å². The van der Waals surface area contributed by atoms with Crippen LogP contribution in [0, 0.1) is 0 Å². The van der Waals surface area contributed by atoms with Crippen LogP contribution in [0.5, 0.6) is 0 Å². The Bertz CT molecular complexity index is 236. The molecule has 0 saturated heterocycles. The normalized spacial score (nSPS) is 8.69. The van der Waals surface area contributed by atoms with Crippen molar-refractivity contribution < 1.29 is 19.4 Å². The van der Waals surface area contributed by atoms with Gasteiger partial charge in [0, 0.05) is 18.7 Å². The summed E-state index contributed by atoms with van der Waals surface area (Å²) in [7, 11) is 3.96. The van der Waals surface area contributed by atoms with Crippen molar-refractivity contribution in [3.63, 3.8) is 0 Å². The van der Waals surface area contributed by atoms with Crippen LogP contribution < -0.4 is 0 Å². The molecule has 0 amide bonds. The minimum Gasteiger partial charge on any atom is -0.478 e. The summed E-state index contributed by atoms with van der Waals surface area (Å²) < 4.78 is 4.76. The monoisotopic (exact) mass is 229 g/mol. The third-order valence-electron chi connectivity index (χ3n) is 1.34. The molecule has 0 aromatic heterocycles. The number of ether oxygens (including phenoxy) is 1. The molecule has 0 aromatic carbocycles. The second kappa shape index (κ2) is 11.5. The van der Waals surface area contributed by atoms with Crippen molar-refractivity contribution in [1.82, 2.24) is 4.90 Å². The lowest BCUT2D eigenvalue weighted by Gasteiger charge is -2.08. The van der Waals surface area contributed by atoms with E-state index < -0.39 is 5.97 Å². The number of carboxylic acids is 1. The highest BCUT2D eigenvalue weighted by atomic mass is 16.5. The van der Waals surface area contributed by atoms with Gasteiger partial charge in [-0.2, -0.15) is 0 Å². The van der Waals surface area contributed by atoms with Crippen LogP contribution in [0.1, 0.15) is 6.42 Å². The molecule has 5 nitrogen and oxygen atoms in total. The lowest BCUT2D eigenvalue weighted by atomic mass is 10.4. The highest BCUT2D eigenvalue weighted by Gasteiger charge is 1.94. The van der Waals surface area contributed by atoms with E-state index in [4.69, 9.17) is 9.84 Å². The topological polar surface area (TPSA) is 66.8 Å². The van der Waals surface area contributed by atoms with Gasteiger partial charge in [-0.3, -0.25) is 0 Å². The van der Waals surface area contributed by atoms with E-state index in [-0.39, 0.29) is 5.97 Å². The predicted octanol–water partition coefficient (Wildman–Crippen LogP) is 0.924. The van der Waals surface area contributed by atoms with Gasteiger partial charge in [-0.1, -0.05) is 13.2 Å². The quantitative estimate of drug-likeness (QED) is 0.417. The molecule has 92 valence electrons. The van der Waals surface area contributed by atoms with Crippen LogP contribution in [0.3, 0.4) is 0 Å². The van der Waals surface area contributed by atoms with Gasteiger partial charge in [0.2, 0.25) is 0 Å². The fraction of sp³-hybridized carbons (Fsp3) is 0.455. The summed E-state index contributed by atoms with van der Waals surface area (Å²) in [6, 6.07) is 0. The van der Waals surface area contributed by atoms with Gasteiger partial charge >= 0.3 is 11.9 Å². The number of nitrogens with zero attached hydrogens (tertiary/aromatic N) is 1. The van der Waals surface area contributed by atoms with Crippen LogP contribution in [-0.2, 0) is 14.3 Å². The molecule has 0 spiro atoms. The van der Waals surface area contributed by atoms with Crippen molar-refractivity contribution in [3.05, 3.63) is 25.3 Å². The number of hydrogen-bond donors (Lipinski definition) is 1. The fourth-order valence-corrected chi connectivity index (χ4v) is 0.612. The van der Waals surface area contributed by atoms with E-state index in [9.17, 15) is 9.59 Å². The van der Waals surface area contributed by atoms with Crippen molar-refractivity contribution in [1.29, 1.82) is 0 Å². The highest BCUT2D eigenvalue weighted by molar-refractivity contribution is 5.81. The van der Waals surface area contributed by atoms with E-state index in [1.54, 1.807) is 0 Å². The van der Waals surface area contributed by atoms with Gasteiger partial charge in [0.25, 0.3) is 0 Å². The molecule has 16 heavy (non-hydrogen) atoms. The minimum atomic E-state index is -0.981. The van der Waals surface area contributed by atoms with Crippen LogP contribution in [0.4, 0.5) is 0 Å². The highest BCUT2D eigenvalue weighted by Crippen LogP contribution is 1.86. The lowest BCUT2D eigenvalue weighted by Crippen LogP contribution is -2.15. The van der Waals surface area contributed by atoms with Gasteiger partial charge in [-0.05, 0) is 20.5 Å². The van der Waals surface area contributed by atoms with E-state index in [0.717, 1.165) is 19.0 Å². The molecule has 0 fully saturated rings. The third-order valence-corrected chi connectivity index (χ3v) is 1.34. The average Bonchev–Trinajstić information content (AvgIpc) is 2.24. The first-order chi connectivity index (χ1) is 7.43. The molecule has 0 aliphatic carbocycles. The van der Waals surface area contributed by atoms with E-state index in [1.165, 1.54) is 6.08 Å². The van der Waals surface area contributed by atoms with Crippen LogP contribution in [0.2, 0.25) is 0 Å². The molecular weight excluding hydrogens is 210 g/mol. The molecule has 0 rings (SSSR count). The molecule has 0 radical (unpaired) electrons. The lowest BCUT2D eigenvalue weighted by molar-refractivity contribution is -0.138. The molecule has 5 heteroatoms. The van der Waals surface area contributed by atoms with Crippen LogP contribution in [0.15, 0.2) is 25.3 Å². The Morgan fingerprint density at radius 1 is 1.31 bits per heavy atom. The Morgan fingerprint density at radius 2 is 1.81 bits per heavy atom. The zero-order chi connectivity index (χ0) is 13.0. The first-order valence-corrected chi connectivity index (χ1v) is 4.73. The maximum Gasteiger partial charge on any atom is 0.330 e. The number of aliphatic carboxylic acids is 1. The SMILES string of the molecule is C=CC(=O)O.C=CC(=O)OCCCN(C)C. The Kier molecular flexibility index (Phi) is 12.0. The van der Waals surface area contributed by atoms with Crippen LogP contribution in [-0.4, -0.2) is 49.2 Å². The molecular formula is C11H19NO4. The second-order valence-electron chi connectivity index (χ2n) is 3.07. The summed E-state index contributed by atoms with van der Waals surface area (Å²) in [5.74, 6) is -1.33. The first-order valence-electron chi connectivity index (χ1n) is 4.73. The number of rotatable bonds is 6. The van der Waals surface area contributed by atoms with E-state index in [0.29, 0.717) is 6.61 Å². The standard InChI is InChI=1S/C8H15NO2.C3H4O2/c1-4-8(10)11-7-5-6-9(2)3;1-2-3(4)5/h4H,1,5-7H2,2-3H3;2H,1H2,(H,4,5). The number of carboxylic acid groups (broad SMARTS) is 1. The molecule has 0 bridgehead atoms. The smallest absolute Gasteiger partial charge is 0.330 e. The van der Waals surface area contributed by atoms with Crippen LogP contribution in [0.25, 0.3) is 0 Å². The Hall–Kier alpha value is -1.62. The maximum atomic E-state index is 10.5. The maximum absolute atomic E-state index is 10.5. The Labute approximate surface area is 96.0 Å². The van der Waals surface area contributed by atoms with Crippen molar-refractivity contribution in [3.8, 4) is 0 Å². The van der Waals surface area contributed by atoms with E-state index >= 15 is 0 Å². The molecule has 0 heterocycles. The first kappa shape index (κ1) is 16.8. The van der Waals surface area contributed by atoms with Crippen LogP contribution >= 0.6 is 0 Å². The summed E-state index contributed by atoms with van der Waals surface area (Å²) in [5.41, 5.74) is 0. The van der Waals surface area contributed by atoms with Crippen molar-refractivity contribution >= 4 is 11.9 Å². The molecule has 0 aliphatic rings. The van der Waals surface area contributed by atoms with E-state index in [1.807, 2.05) is 19.0 Å². The number of carbonyl (C=O) groups excluding carboxylic acids is 1. The van der Waals surface area contributed by atoms with Gasteiger partial charge < -0.3 is 14.7 Å². The fourth-order valence-electron chi connectivity index (χ4n) is 0.612. The molecule has 0 saturated carbocycles. The molecule has 0 unspecified atom stereocenters. The molecule has 0 aromatic rings. The summed E-state index contributed by atoms with van der Waals surface area (Å²) >= 11 is 0. The van der Waals surface area contributed by atoms with Crippen molar-refractivity contribution in [2.75, 3.05) is 27.2 Å². The molecule has 0 atom stereocenters. The number of hydrogen-bond acceptors (Lipinski definition) is 4. The largest absolute Gasteiger partial charge is 0.478 e. The van der Waals surface area contributed by atoms with Gasteiger partial charge in [0.05, 0.1) is 6.61 Å². The number of carbonyl (C=O) groups is 2. The second-order valence-corrected chi connectivity index (χ2v) is 3.07. The predicted molar refractivity (Wildman–Crippen MR) is 62.2 cm³/mol. The van der Waals surface area contributed by atoms with Gasteiger partial charge in [-0.25, -0.2) is 9.59 Å².